The summed E-state index contributed by atoms with van der Waals surface area (Å²) in [7, 11) is 1.71. The Morgan fingerprint density at radius 2 is 2.17 bits per heavy atom. The van der Waals surface area contributed by atoms with Crippen molar-refractivity contribution in [3.05, 3.63) is 52.3 Å². The van der Waals surface area contributed by atoms with Gasteiger partial charge in [-0.25, -0.2) is 8.78 Å². The fourth-order valence-electron chi connectivity index (χ4n) is 1.86. The van der Waals surface area contributed by atoms with E-state index in [1.807, 2.05) is 0 Å². The molecule has 0 aliphatic heterocycles. The molecule has 18 heavy (non-hydrogen) atoms. The van der Waals surface area contributed by atoms with Crippen LogP contribution in [-0.4, -0.2) is 9.78 Å². The van der Waals surface area contributed by atoms with E-state index in [-0.39, 0.29) is 6.42 Å². The Labute approximate surface area is 108 Å². The van der Waals surface area contributed by atoms with E-state index in [9.17, 15) is 8.78 Å². The molecule has 0 radical (unpaired) electrons. The highest BCUT2D eigenvalue weighted by Gasteiger charge is 2.17. The Morgan fingerprint density at radius 1 is 1.44 bits per heavy atom. The Kier molecular flexibility index (Phi) is 3.63. The van der Waals surface area contributed by atoms with Gasteiger partial charge in [0.1, 0.15) is 11.6 Å². The molecule has 6 heteroatoms. The summed E-state index contributed by atoms with van der Waals surface area (Å²) in [6, 6.07) is 2.93. The number of rotatable bonds is 3. The average Bonchev–Trinajstić information content (AvgIpc) is 2.62. The zero-order valence-electron chi connectivity index (χ0n) is 9.70. The minimum atomic E-state index is -0.608. The van der Waals surface area contributed by atoms with Crippen molar-refractivity contribution in [2.45, 2.75) is 12.5 Å². The van der Waals surface area contributed by atoms with Crippen LogP contribution >= 0.6 is 11.6 Å². The van der Waals surface area contributed by atoms with Gasteiger partial charge in [0.25, 0.3) is 0 Å². The molecular formula is C12H12ClF2N3. The van der Waals surface area contributed by atoms with Crippen LogP contribution in [0.4, 0.5) is 8.78 Å². The van der Waals surface area contributed by atoms with Crippen molar-refractivity contribution in [1.82, 2.24) is 9.78 Å². The van der Waals surface area contributed by atoms with Crippen molar-refractivity contribution in [3.63, 3.8) is 0 Å². The smallest absolute Gasteiger partial charge is 0.129 e. The maximum absolute atomic E-state index is 13.5. The molecule has 0 aliphatic carbocycles. The SMILES string of the molecule is Cn1ncc(Cl)c1C(N)Cc1ccc(F)cc1F. The number of hydrogen-bond donors (Lipinski definition) is 1. The predicted octanol–water partition coefficient (Wildman–Crippen LogP) is 2.59. The molecule has 1 aromatic carbocycles. The van der Waals surface area contributed by atoms with Crippen molar-refractivity contribution >= 4 is 11.6 Å². The lowest BCUT2D eigenvalue weighted by Crippen LogP contribution is -2.18. The number of halogens is 3. The van der Waals surface area contributed by atoms with Gasteiger partial charge in [0, 0.05) is 13.1 Å². The van der Waals surface area contributed by atoms with Gasteiger partial charge in [-0.05, 0) is 18.1 Å². The quantitative estimate of drug-likeness (QED) is 0.932. The third-order valence-electron chi connectivity index (χ3n) is 2.74. The Balaban J connectivity index is 2.24. The first kappa shape index (κ1) is 13.0. The first-order valence-corrected chi connectivity index (χ1v) is 5.73. The lowest BCUT2D eigenvalue weighted by Gasteiger charge is -2.13. The first-order valence-electron chi connectivity index (χ1n) is 5.36. The van der Waals surface area contributed by atoms with Gasteiger partial charge in [-0.2, -0.15) is 5.10 Å². The molecule has 0 saturated heterocycles. The van der Waals surface area contributed by atoms with Gasteiger partial charge in [0.15, 0.2) is 0 Å². The van der Waals surface area contributed by atoms with Crippen molar-refractivity contribution in [2.75, 3.05) is 0 Å². The Hall–Kier alpha value is -1.46. The predicted molar refractivity (Wildman–Crippen MR) is 65.2 cm³/mol. The molecule has 0 fully saturated rings. The van der Waals surface area contributed by atoms with Crippen molar-refractivity contribution in [2.24, 2.45) is 12.8 Å². The second-order valence-corrected chi connectivity index (χ2v) is 4.45. The van der Waals surface area contributed by atoms with Gasteiger partial charge in [-0.1, -0.05) is 17.7 Å². The molecule has 2 aromatic rings. The second-order valence-electron chi connectivity index (χ2n) is 4.05. The van der Waals surface area contributed by atoms with Crippen LogP contribution in [0.1, 0.15) is 17.3 Å². The normalized spacial score (nSPS) is 12.7. The standard InChI is InChI=1S/C12H12ClF2N3/c1-18-12(9(13)6-17-18)11(16)4-7-2-3-8(14)5-10(7)15/h2-3,5-6,11H,4,16H2,1H3. The topological polar surface area (TPSA) is 43.8 Å². The maximum Gasteiger partial charge on any atom is 0.129 e. The summed E-state index contributed by atoms with van der Waals surface area (Å²) in [5.74, 6) is -1.22. The highest BCUT2D eigenvalue weighted by atomic mass is 35.5. The summed E-state index contributed by atoms with van der Waals surface area (Å²) < 4.78 is 27.8. The highest BCUT2D eigenvalue weighted by molar-refractivity contribution is 6.31. The van der Waals surface area contributed by atoms with E-state index in [0.717, 1.165) is 6.07 Å². The fraction of sp³-hybridized carbons (Fsp3) is 0.250. The van der Waals surface area contributed by atoms with Gasteiger partial charge in [0.05, 0.1) is 23.0 Å². The largest absolute Gasteiger partial charge is 0.322 e. The Morgan fingerprint density at radius 3 is 2.72 bits per heavy atom. The summed E-state index contributed by atoms with van der Waals surface area (Å²) in [6.07, 6.45) is 1.71. The lowest BCUT2D eigenvalue weighted by atomic mass is 10.0. The van der Waals surface area contributed by atoms with Gasteiger partial charge in [0.2, 0.25) is 0 Å². The summed E-state index contributed by atoms with van der Waals surface area (Å²) in [4.78, 5) is 0. The molecule has 1 atom stereocenters. The minimum absolute atomic E-state index is 0.228. The monoisotopic (exact) mass is 271 g/mol. The molecule has 1 aromatic heterocycles. The molecule has 1 heterocycles. The zero-order valence-corrected chi connectivity index (χ0v) is 10.5. The third-order valence-corrected chi connectivity index (χ3v) is 3.03. The summed E-state index contributed by atoms with van der Waals surface area (Å²) in [5, 5.41) is 4.40. The van der Waals surface area contributed by atoms with Crippen LogP contribution < -0.4 is 5.73 Å². The molecule has 1 unspecified atom stereocenters. The van der Waals surface area contributed by atoms with Crippen LogP contribution in [0.2, 0.25) is 5.02 Å². The van der Waals surface area contributed by atoms with Crippen molar-refractivity contribution in [3.8, 4) is 0 Å². The summed E-state index contributed by atoms with van der Waals surface area (Å²) in [6.45, 7) is 0. The summed E-state index contributed by atoms with van der Waals surface area (Å²) >= 11 is 5.95. The number of benzene rings is 1. The van der Waals surface area contributed by atoms with Crippen LogP contribution in [-0.2, 0) is 13.5 Å². The molecule has 3 nitrogen and oxygen atoms in total. The highest BCUT2D eigenvalue weighted by Crippen LogP contribution is 2.24. The van der Waals surface area contributed by atoms with E-state index >= 15 is 0 Å². The van der Waals surface area contributed by atoms with Crippen LogP contribution in [0.3, 0.4) is 0 Å². The minimum Gasteiger partial charge on any atom is -0.322 e. The molecule has 0 bridgehead atoms. The molecule has 96 valence electrons. The maximum atomic E-state index is 13.5. The second kappa shape index (κ2) is 5.04. The molecular weight excluding hydrogens is 260 g/mol. The number of hydrogen-bond acceptors (Lipinski definition) is 2. The van der Waals surface area contributed by atoms with E-state index < -0.39 is 17.7 Å². The van der Waals surface area contributed by atoms with E-state index in [4.69, 9.17) is 17.3 Å². The molecule has 0 spiro atoms. The van der Waals surface area contributed by atoms with E-state index in [2.05, 4.69) is 5.10 Å². The van der Waals surface area contributed by atoms with Crippen LogP contribution in [0, 0.1) is 11.6 Å². The van der Waals surface area contributed by atoms with Gasteiger partial charge >= 0.3 is 0 Å². The van der Waals surface area contributed by atoms with E-state index in [1.165, 1.54) is 18.3 Å². The first-order chi connectivity index (χ1) is 8.49. The van der Waals surface area contributed by atoms with E-state index in [1.54, 1.807) is 11.7 Å². The van der Waals surface area contributed by atoms with Crippen LogP contribution in [0.5, 0.6) is 0 Å². The number of nitrogens with two attached hydrogens (primary N) is 1. The zero-order chi connectivity index (χ0) is 13.3. The number of aromatic nitrogens is 2. The molecule has 2 rings (SSSR count). The van der Waals surface area contributed by atoms with Crippen LogP contribution in [0.25, 0.3) is 0 Å². The average molecular weight is 272 g/mol. The van der Waals surface area contributed by atoms with Gasteiger partial charge in [-0.3, -0.25) is 4.68 Å². The molecule has 0 aliphatic rings. The molecule has 0 amide bonds. The van der Waals surface area contributed by atoms with Crippen LogP contribution in [0.15, 0.2) is 24.4 Å². The van der Waals surface area contributed by atoms with E-state index in [0.29, 0.717) is 16.3 Å². The molecule has 0 saturated carbocycles. The number of aryl methyl sites for hydroxylation is 1. The Bertz CT molecular complexity index is 549. The summed E-state index contributed by atoms with van der Waals surface area (Å²) in [5.41, 5.74) is 6.95. The van der Waals surface area contributed by atoms with Gasteiger partial charge < -0.3 is 5.73 Å². The fourth-order valence-corrected chi connectivity index (χ4v) is 2.16. The van der Waals surface area contributed by atoms with Gasteiger partial charge in [-0.15, -0.1) is 0 Å². The third kappa shape index (κ3) is 2.52. The van der Waals surface area contributed by atoms with Crippen molar-refractivity contribution < 1.29 is 8.78 Å². The number of nitrogens with zero attached hydrogens (tertiary/aromatic N) is 2. The van der Waals surface area contributed by atoms with Crippen molar-refractivity contribution in [1.29, 1.82) is 0 Å². The molecule has 2 N–H and O–H groups in total. The lowest BCUT2D eigenvalue weighted by molar-refractivity contribution is 0.554.